The lowest BCUT2D eigenvalue weighted by molar-refractivity contribution is -0.164. The maximum atomic E-state index is 13.3. The summed E-state index contributed by atoms with van der Waals surface area (Å²) in [6.07, 6.45) is -3.44. The van der Waals surface area contributed by atoms with Gasteiger partial charge in [-0.05, 0) is 31.9 Å². The molecule has 0 aliphatic rings. The van der Waals surface area contributed by atoms with Crippen molar-refractivity contribution in [3.05, 3.63) is 36.4 Å². The number of hydrogen-bond acceptors (Lipinski definition) is 6. The van der Waals surface area contributed by atoms with Gasteiger partial charge in [0.05, 0.1) is 6.61 Å². The van der Waals surface area contributed by atoms with Crippen molar-refractivity contribution in [3.8, 4) is 5.75 Å². The van der Waals surface area contributed by atoms with E-state index >= 15 is 0 Å². The minimum absolute atomic E-state index is 0.114. The molecule has 2 N–H and O–H groups in total. The normalized spacial score (nSPS) is 12.2. The van der Waals surface area contributed by atoms with E-state index in [0.717, 1.165) is 0 Å². The van der Waals surface area contributed by atoms with Crippen LogP contribution in [0.2, 0.25) is 0 Å². The average molecular weight is 457 g/mol. The predicted molar refractivity (Wildman–Crippen MR) is 97.2 cm³/mol. The van der Waals surface area contributed by atoms with E-state index < -0.39 is 52.8 Å². The third kappa shape index (κ3) is 6.99. The molecule has 0 saturated heterocycles. The SMILES string of the molecule is C=C(C)C(=O)Oc1cccc(NC(=O)OCCCCC(F)(F)C(F)(F)S(=O)(=O)O)c1. The molecule has 8 nitrogen and oxygen atoms in total. The summed E-state index contributed by atoms with van der Waals surface area (Å²) in [6.45, 7) is 4.44. The number of ether oxygens (including phenoxy) is 2. The molecule has 0 saturated carbocycles. The number of carbonyl (C=O) groups excluding carboxylic acids is 2. The first-order valence-electron chi connectivity index (χ1n) is 8.31. The summed E-state index contributed by atoms with van der Waals surface area (Å²) >= 11 is 0. The Morgan fingerprint density at radius 2 is 1.83 bits per heavy atom. The molecule has 168 valence electrons. The molecule has 30 heavy (non-hydrogen) atoms. The summed E-state index contributed by atoms with van der Waals surface area (Å²) in [4.78, 5) is 23.1. The highest BCUT2D eigenvalue weighted by molar-refractivity contribution is 7.87. The van der Waals surface area contributed by atoms with E-state index in [2.05, 4.69) is 11.9 Å². The van der Waals surface area contributed by atoms with E-state index in [0.29, 0.717) is 0 Å². The van der Waals surface area contributed by atoms with Gasteiger partial charge in [0.2, 0.25) is 0 Å². The van der Waals surface area contributed by atoms with Crippen molar-refractivity contribution in [2.75, 3.05) is 11.9 Å². The van der Waals surface area contributed by atoms with Crippen molar-refractivity contribution < 1.29 is 49.6 Å². The molecule has 0 aromatic heterocycles. The van der Waals surface area contributed by atoms with Crippen LogP contribution in [0.5, 0.6) is 5.75 Å². The van der Waals surface area contributed by atoms with E-state index in [1.807, 2.05) is 0 Å². The molecule has 1 aromatic rings. The Hall–Kier alpha value is -2.67. The minimum Gasteiger partial charge on any atom is -0.449 e. The van der Waals surface area contributed by atoms with E-state index in [1.165, 1.54) is 31.2 Å². The summed E-state index contributed by atoms with van der Waals surface area (Å²) in [6, 6.07) is 5.66. The molecule has 1 rings (SSSR count). The number of esters is 1. The van der Waals surface area contributed by atoms with Crippen LogP contribution in [-0.4, -0.2) is 42.8 Å². The molecule has 0 bridgehead atoms. The molecule has 0 spiro atoms. The fourth-order valence-electron chi connectivity index (χ4n) is 1.93. The number of rotatable bonds is 10. The Morgan fingerprint density at radius 3 is 2.40 bits per heavy atom. The van der Waals surface area contributed by atoms with Gasteiger partial charge in [-0.15, -0.1) is 0 Å². The summed E-state index contributed by atoms with van der Waals surface area (Å²) in [5, 5.41) is -3.35. The Morgan fingerprint density at radius 1 is 1.20 bits per heavy atom. The predicted octanol–water partition coefficient (Wildman–Crippen LogP) is 4.00. The van der Waals surface area contributed by atoms with E-state index in [-0.39, 0.29) is 23.4 Å². The van der Waals surface area contributed by atoms with Gasteiger partial charge in [0.15, 0.2) is 0 Å². The first-order chi connectivity index (χ1) is 13.7. The van der Waals surface area contributed by atoms with Crippen LogP contribution in [0.15, 0.2) is 36.4 Å². The molecular formula is C17H19F4NO7S. The van der Waals surface area contributed by atoms with Gasteiger partial charge in [-0.1, -0.05) is 12.6 Å². The first-order valence-corrected chi connectivity index (χ1v) is 9.75. The lowest BCUT2D eigenvalue weighted by Gasteiger charge is -2.23. The highest BCUT2D eigenvalue weighted by atomic mass is 32.2. The van der Waals surface area contributed by atoms with Gasteiger partial charge < -0.3 is 9.47 Å². The van der Waals surface area contributed by atoms with Crippen molar-refractivity contribution in [2.45, 2.75) is 37.4 Å². The Labute approximate surface area is 169 Å². The maximum absolute atomic E-state index is 13.3. The number of halogens is 4. The summed E-state index contributed by atoms with van der Waals surface area (Å²) in [7, 11) is -6.28. The number of carbonyl (C=O) groups is 2. The van der Waals surface area contributed by atoms with E-state index in [9.17, 15) is 35.6 Å². The molecule has 0 unspecified atom stereocenters. The van der Waals surface area contributed by atoms with Crippen LogP contribution < -0.4 is 10.1 Å². The Balaban J connectivity index is 2.46. The topological polar surface area (TPSA) is 119 Å². The van der Waals surface area contributed by atoms with Crippen LogP contribution in [0.1, 0.15) is 26.2 Å². The lowest BCUT2D eigenvalue weighted by atomic mass is 10.1. The highest BCUT2D eigenvalue weighted by Gasteiger charge is 2.64. The standard InChI is InChI=1S/C17H19F4NO7S/c1-11(2)14(23)29-13-7-5-6-12(10-13)22-15(24)28-9-4-3-8-16(18,19)17(20,21)30(25,26)27/h5-7,10H,1,3-4,8-9H2,2H3,(H,22,24)(H,25,26,27). The molecule has 1 aromatic carbocycles. The van der Waals surface area contributed by atoms with Crippen LogP contribution >= 0.6 is 0 Å². The fraction of sp³-hybridized carbons (Fsp3) is 0.412. The van der Waals surface area contributed by atoms with Crippen molar-refractivity contribution in [1.82, 2.24) is 0 Å². The molecule has 0 radical (unpaired) electrons. The first kappa shape index (κ1) is 25.4. The third-order valence-corrected chi connectivity index (χ3v) is 4.45. The van der Waals surface area contributed by atoms with Gasteiger partial charge in [0, 0.05) is 23.7 Å². The van der Waals surface area contributed by atoms with Gasteiger partial charge in [0.1, 0.15) is 5.75 Å². The van der Waals surface area contributed by atoms with Gasteiger partial charge in [-0.25, -0.2) is 9.59 Å². The number of alkyl halides is 4. The van der Waals surface area contributed by atoms with Crippen molar-refractivity contribution >= 4 is 27.9 Å². The second-order valence-corrected chi connectivity index (χ2v) is 7.57. The molecule has 0 heterocycles. The van der Waals surface area contributed by atoms with Crippen molar-refractivity contribution in [3.63, 3.8) is 0 Å². The molecule has 0 atom stereocenters. The second kappa shape index (κ2) is 9.89. The van der Waals surface area contributed by atoms with Crippen molar-refractivity contribution in [1.29, 1.82) is 0 Å². The maximum Gasteiger partial charge on any atom is 0.431 e. The van der Waals surface area contributed by atoms with Gasteiger partial charge >= 0.3 is 33.4 Å². The molecule has 0 aliphatic carbocycles. The van der Waals surface area contributed by atoms with Gasteiger partial charge in [-0.3, -0.25) is 9.87 Å². The Kier molecular flexibility index (Phi) is 8.36. The van der Waals surface area contributed by atoms with E-state index in [4.69, 9.17) is 14.0 Å². The summed E-state index contributed by atoms with van der Waals surface area (Å²) < 4.78 is 91.3. The fourth-order valence-corrected chi connectivity index (χ4v) is 2.41. The number of unbranched alkanes of at least 4 members (excludes halogenated alkanes) is 1. The highest BCUT2D eigenvalue weighted by Crippen LogP contribution is 2.41. The van der Waals surface area contributed by atoms with Crippen LogP contribution in [-0.2, 0) is 19.6 Å². The average Bonchev–Trinajstić information content (AvgIpc) is 2.60. The van der Waals surface area contributed by atoms with Crippen LogP contribution in [0.25, 0.3) is 0 Å². The Bertz CT molecular complexity index is 903. The monoisotopic (exact) mass is 457 g/mol. The molecule has 0 fully saturated rings. The number of anilines is 1. The van der Waals surface area contributed by atoms with Crippen LogP contribution in [0, 0.1) is 0 Å². The molecule has 13 heteroatoms. The zero-order valence-corrected chi connectivity index (χ0v) is 16.5. The minimum atomic E-state index is -6.28. The number of hydrogen-bond donors (Lipinski definition) is 2. The van der Waals surface area contributed by atoms with E-state index in [1.54, 1.807) is 0 Å². The molecular weight excluding hydrogens is 438 g/mol. The quantitative estimate of drug-likeness (QED) is 0.136. The smallest absolute Gasteiger partial charge is 0.431 e. The zero-order chi connectivity index (χ0) is 23.2. The lowest BCUT2D eigenvalue weighted by Crippen LogP contribution is -2.46. The second-order valence-electron chi connectivity index (χ2n) is 6.11. The zero-order valence-electron chi connectivity index (χ0n) is 15.7. The van der Waals surface area contributed by atoms with Gasteiger partial charge in [0.25, 0.3) is 0 Å². The van der Waals surface area contributed by atoms with Crippen LogP contribution in [0.3, 0.4) is 0 Å². The van der Waals surface area contributed by atoms with Crippen molar-refractivity contribution in [2.24, 2.45) is 0 Å². The number of amides is 1. The third-order valence-electron chi connectivity index (χ3n) is 3.51. The van der Waals surface area contributed by atoms with Crippen LogP contribution in [0.4, 0.5) is 28.0 Å². The molecule has 1 amide bonds. The largest absolute Gasteiger partial charge is 0.449 e. The van der Waals surface area contributed by atoms with Gasteiger partial charge in [-0.2, -0.15) is 26.0 Å². The summed E-state index contributed by atoms with van der Waals surface area (Å²) in [5.41, 5.74) is 0.346. The number of benzene rings is 1. The summed E-state index contributed by atoms with van der Waals surface area (Å²) in [5.74, 6) is -5.56. The molecule has 0 aliphatic heterocycles. The number of nitrogens with one attached hydrogen (secondary N) is 1.